The van der Waals surface area contributed by atoms with E-state index in [2.05, 4.69) is 62.6 Å². The monoisotopic (exact) mass is 263 g/mol. The largest absolute Gasteiger partial charge is 0.356 e. The van der Waals surface area contributed by atoms with Crippen molar-refractivity contribution in [1.29, 1.82) is 0 Å². The van der Waals surface area contributed by atoms with Gasteiger partial charge in [-0.25, -0.2) is 0 Å². The number of aromatic amines is 1. The average molecular weight is 263 g/mol. The van der Waals surface area contributed by atoms with Gasteiger partial charge in [0.25, 0.3) is 12.9 Å². The lowest BCUT2D eigenvalue weighted by Crippen LogP contribution is -2.69. The predicted molar refractivity (Wildman–Crippen MR) is 78.8 cm³/mol. The number of nitrogens with zero attached hydrogens (tertiary/aromatic N) is 6. The molecular formula is C10H23B2N7. The number of aromatic nitrogens is 4. The van der Waals surface area contributed by atoms with Gasteiger partial charge in [-0.3, -0.25) is 0 Å². The van der Waals surface area contributed by atoms with Crippen molar-refractivity contribution in [2.75, 3.05) is 25.1 Å². The van der Waals surface area contributed by atoms with Gasteiger partial charge in [-0.05, 0) is 25.2 Å². The van der Waals surface area contributed by atoms with Crippen LogP contribution in [0, 0.1) is 0 Å². The van der Waals surface area contributed by atoms with E-state index < -0.39 is 0 Å². The van der Waals surface area contributed by atoms with E-state index in [1.807, 2.05) is 0 Å². The number of anilines is 1. The van der Waals surface area contributed by atoms with Crippen molar-refractivity contribution in [3.05, 3.63) is 0 Å². The van der Waals surface area contributed by atoms with Crippen LogP contribution in [-0.2, 0) is 0 Å². The number of nitrogens with one attached hydrogen (secondary N) is 1. The van der Waals surface area contributed by atoms with E-state index in [0.29, 0.717) is 19.9 Å². The highest BCUT2D eigenvalue weighted by atomic mass is 15.5. The molecule has 0 bridgehead atoms. The van der Waals surface area contributed by atoms with Crippen LogP contribution in [-0.4, -0.2) is 64.4 Å². The van der Waals surface area contributed by atoms with E-state index in [1.165, 1.54) is 19.3 Å². The highest BCUT2D eigenvalue weighted by Crippen LogP contribution is 2.19. The molecule has 0 unspecified atom stereocenters. The van der Waals surface area contributed by atoms with Crippen LogP contribution in [0.25, 0.3) is 0 Å². The minimum atomic E-state index is 0.292. The number of H-pyrrole nitrogens is 1. The van der Waals surface area contributed by atoms with E-state index >= 15 is 0 Å². The van der Waals surface area contributed by atoms with Crippen LogP contribution in [0.3, 0.4) is 0 Å². The summed E-state index contributed by atoms with van der Waals surface area (Å²) in [7, 11) is 2.14. The molecule has 104 valence electrons. The van der Waals surface area contributed by atoms with Crippen molar-refractivity contribution < 1.29 is 0 Å². The lowest BCUT2D eigenvalue weighted by molar-refractivity contribution is 0.431. The number of tetrazole rings is 1. The molecule has 0 radical (unpaired) electrons. The van der Waals surface area contributed by atoms with E-state index in [4.69, 9.17) is 0 Å². The number of hydrogen-bond acceptors (Lipinski definition) is 6. The summed E-state index contributed by atoms with van der Waals surface area (Å²) in [4.78, 5) is 4.48. The summed E-state index contributed by atoms with van der Waals surface area (Å²) in [6, 6.07) is 0. The summed E-state index contributed by atoms with van der Waals surface area (Å²) in [5.74, 6) is 0.673. The maximum Gasteiger partial charge on any atom is 0.333 e. The predicted octanol–water partition coefficient (Wildman–Crippen LogP) is 0.637. The van der Waals surface area contributed by atoms with Gasteiger partial charge in [0, 0.05) is 0 Å². The minimum absolute atomic E-state index is 0.292. The van der Waals surface area contributed by atoms with E-state index in [1.54, 1.807) is 0 Å². The number of rotatable bonds is 5. The Balaban J connectivity index is 2.07. The number of unbranched alkanes of at least 4 members (excludes halogenated alkanes) is 2. The molecule has 9 heteroatoms. The van der Waals surface area contributed by atoms with Gasteiger partial charge >= 0.3 is 6.98 Å². The molecule has 0 spiro atoms. The second kappa shape index (κ2) is 6.38. The first-order valence-corrected chi connectivity index (χ1v) is 7.11. The highest BCUT2D eigenvalue weighted by molar-refractivity contribution is 6.73. The van der Waals surface area contributed by atoms with Crippen molar-refractivity contribution in [2.45, 2.75) is 39.8 Å². The fraction of sp³-hybridized carbons (Fsp3) is 0.900. The molecule has 1 fully saturated rings. The smallest absolute Gasteiger partial charge is 0.333 e. The first-order chi connectivity index (χ1) is 9.15. The van der Waals surface area contributed by atoms with Crippen molar-refractivity contribution in [3.63, 3.8) is 0 Å². The quantitative estimate of drug-likeness (QED) is 0.621. The molecule has 7 nitrogen and oxygen atoms in total. The van der Waals surface area contributed by atoms with Crippen LogP contribution >= 0.6 is 0 Å². The van der Waals surface area contributed by atoms with Gasteiger partial charge in [0.1, 0.15) is 0 Å². The molecular weight excluding hydrogens is 240 g/mol. The summed E-state index contributed by atoms with van der Waals surface area (Å²) in [6.45, 7) is 9.37. The van der Waals surface area contributed by atoms with Crippen LogP contribution in [0.4, 0.5) is 5.95 Å². The van der Waals surface area contributed by atoms with Gasteiger partial charge in [-0.2, -0.15) is 5.21 Å². The summed E-state index contributed by atoms with van der Waals surface area (Å²) in [6.07, 6.45) is 3.77. The van der Waals surface area contributed by atoms with Gasteiger partial charge < -0.3 is 14.3 Å². The molecule has 1 aromatic rings. The third-order valence-corrected chi connectivity index (χ3v) is 4.04. The van der Waals surface area contributed by atoms with Crippen LogP contribution < -0.4 is 4.81 Å². The fourth-order valence-electron chi connectivity index (χ4n) is 2.65. The fourth-order valence-corrected chi connectivity index (χ4v) is 2.65. The summed E-state index contributed by atoms with van der Waals surface area (Å²) < 4.78 is 2.50. The molecule has 2 heterocycles. The van der Waals surface area contributed by atoms with E-state index in [9.17, 15) is 0 Å². The zero-order chi connectivity index (χ0) is 13.8. The zero-order valence-electron chi connectivity index (χ0n) is 12.4. The van der Waals surface area contributed by atoms with Crippen LogP contribution in [0.2, 0.25) is 13.6 Å². The average Bonchev–Trinajstić information content (AvgIpc) is 2.92. The first kappa shape index (κ1) is 14.3. The highest BCUT2D eigenvalue weighted by Gasteiger charge is 2.40. The van der Waals surface area contributed by atoms with Gasteiger partial charge in [0.15, 0.2) is 0 Å². The lowest BCUT2D eigenvalue weighted by Gasteiger charge is -2.47. The maximum absolute atomic E-state index is 4.11. The topological polar surface area (TPSA) is 64.2 Å². The Morgan fingerprint density at radius 1 is 1.26 bits per heavy atom. The van der Waals surface area contributed by atoms with Gasteiger partial charge in [0.05, 0.1) is 6.67 Å². The lowest BCUT2D eigenvalue weighted by atomic mass is 9.58. The van der Waals surface area contributed by atoms with Crippen molar-refractivity contribution in [3.8, 4) is 0 Å². The van der Waals surface area contributed by atoms with Crippen LogP contribution in [0.1, 0.15) is 26.2 Å². The molecule has 1 saturated heterocycles. The third kappa shape index (κ3) is 3.09. The summed E-state index contributed by atoms with van der Waals surface area (Å²) >= 11 is 0. The molecule has 1 aliphatic rings. The molecule has 0 atom stereocenters. The Hall–Kier alpha value is -1.08. The van der Waals surface area contributed by atoms with Gasteiger partial charge in [0.2, 0.25) is 0 Å². The summed E-state index contributed by atoms with van der Waals surface area (Å²) in [5, 5.41) is 14.4. The minimum Gasteiger partial charge on any atom is -0.356 e. The Morgan fingerprint density at radius 3 is 2.68 bits per heavy atom. The molecule has 0 saturated carbocycles. The zero-order valence-corrected chi connectivity index (χ0v) is 12.4. The number of hydrogen-bond donors (Lipinski definition) is 1. The Kier molecular flexibility index (Phi) is 4.81. The Bertz CT molecular complexity index is 374. The molecule has 0 amide bonds. The molecule has 1 aliphatic heterocycles. The van der Waals surface area contributed by atoms with E-state index in [-0.39, 0.29) is 0 Å². The Morgan fingerprint density at radius 2 is 2.05 bits per heavy atom. The van der Waals surface area contributed by atoms with Crippen molar-refractivity contribution in [1.82, 2.24) is 30.2 Å². The third-order valence-electron chi connectivity index (χ3n) is 4.04. The molecule has 0 aliphatic carbocycles. The normalized spacial score (nSPS) is 18.4. The standard InChI is InChI=1S/C10H23B2N7/c1-5-6-7-8-19-11(2)17(4)9-18(12(19)3)10-13-15-16-14-10/h5-9H2,1-4H3,(H,13,14,15,16). The molecule has 2 rings (SSSR count). The van der Waals surface area contributed by atoms with Crippen LogP contribution in [0.15, 0.2) is 0 Å². The van der Waals surface area contributed by atoms with Crippen molar-refractivity contribution >= 4 is 19.9 Å². The second-order valence-electron chi connectivity index (χ2n) is 5.29. The summed E-state index contributed by atoms with van der Waals surface area (Å²) in [5.41, 5.74) is 0. The van der Waals surface area contributed by atoms with Crippen LogP contribution in [0.5, 0.6) is 0 Å². The molecule has 19 heavy (non-hydrogen) atoms. The molecule has 0 aromatic carbocycles. The van der Waals surface area contributed by atoms with Crippen molar-refractivity contribution in [2.24, 2.45) is 0 Å². The molecule has 1 N–H and O–H groups in total. The second-order valence-corrected chi connectivity index (χ2v) is 5.29. The maximum atomic E-state index is 4.11. The first-order valence-electron chi connectivity index (χ1n) is 7.11. The molecule has 1 aromatic heterocycles. The Labute approximate surface area is 115 Å². The van der Waals surface area contributed by atoms with E-state index in [0.717, 1.165) is 13.2 Å². The SMILES string of the molecule is CCCCCN1B(C)N(C)CN(c2nn[nH]n2)B1C. The van der Waals surface area contributed by atoms with Gasteiger partial charge in [-0.1, -0.05) is 38.5 Å². The van der Waals surface area contributed by atoms with Gasteiger partial charge in [-0.15, -0.1) is 5.10 Å².